The van der Waals surface area contributed by atoms with E-state index in [-0.39, 0.29) is 12.3 Å². The van der Waals surface area contributed by atoms with Crippen LogP contribution in [0.5, 0.6) is 0 Å². The third-order valence-electron chi connectivity index (χ3n) is 4.31. The van der Waals surface area contributed by atoms with Crippen molar-refractivity contribution in [2.75, 3.05) is 0 Å². The average Bonchev–Trinajstić information content (AvgIpc) is 2.68. The van der Waals surface area contributed by atoms with Gasteiger partial charge in [0.05, 0.1) is 5.92 Å². The number of rotatable bonds is 7. The van der Waals surface area contributed by atoms with Crippen LogP contribution in [0.3, 0.4) is 0 Å². The van der Waals surface area contributed by atoms with Crippen molar-refractivity contribution in [3.05, 3.63) is 60.2 Å². The van der Waals surface area contributed by atoms with Gasteiger partial charge in [-0.3, -0.25) is 9.59 Å². The van der Waals surface area contributed by atoms with E-state index in [1.165, 1.54) is 0 Å². The molecule has 0 saturated carbocycles. The highest BCUT2D eigenvalue weighted by molar-refractivity contribution is 6.37. The van der Waals surface area contributed by atoms with Gasteiger partial charge >= 0.3 is 5.97 Å². The number of amides is 1. The molecule has 0 saturated heterocycles. The average molecular weight is 368 g/mol. The molecular formula is C20H24N4O3. The number of carbonyl (C=O) groups is 2. The Labute approximate surface area is 158 Å². The molecular weight excluding hydrogens is 344 g/mol. The number of aliphatic carboxylic acids is 1. The third kappa shape index (κ3) is 5.85. The minimum atomic E-state index is -0.922. The summed E-state index contributed by atoms with van der Waals surface area (Å²) in [6.45, 7) is 1.60. The summed E-state index contributed by atoms with van der Waals surface area (Å²) in [5.74, 6) is 2.54. The zero-order valence-corrected chi connectivity index (χ0v) is 15.1. The van der Waals surface area contributed by atoms with Crippen molar-refractivity contribution < 1.29 is 14.7 Å². The van der Waals surface area contributed by atoms with Gasteiger partial charge in [0.2, 0.25) is 5.84 Å². The highest BCUT2D eigenvalue weighted by Gasteiger charge is 2.21. The van der Waals surface area contributed by atoms with Crippen LogP contribution in [0.15, 0.2) is 59.7 Å². The second-order valence-corrected chi connectivity index (χ2v) is 6.43. The molecule has 27 heavy (non-hydrogen) atoms. The van der Waals surface area contributed by atoms with Crippen LogP contribution in [-0.2, 0) is 16.0 Å². The maximum atomic E-state index is 12.0. The van der Waals surface area contributed by atoms with Crippen LogP contribution < -0.4 is 16.9 Å². The quantitative estimate of drug-likeness (QED) is 0.256. The topological polar surface area (TPSA) is 131 Å². The summed E-state index contributed by atoms with van der Waals surface area (Å²) in [4.78, 5) is 23.2. The number of nitrogens with one attached hydrogen (secondary N) is 1. The molecule has 1 amide bonds. The molecule has 7 nitrogen and oxygen atoms in total. The van der Waals surface area contributed by atoms with Crippen molar-refractivity contribution in [2.45, 2.75) is 25.8 Å². The molecule has 2 aromatic carbocycles. The van der Waals surface area contributed by atoms with E-state index in [2.05, 4.69) is 10.4 Å². The van der Waals surface area contributed by atoms with E-state index in [1.54, 1.807) is 6.92 Å². The maximum absolute atomic E-state index is 12.0. The number of nitrogens with zero attached hydrogens (tertiary/aromatic N) is 1. The normalized spacial score (nSPS) is 13.6. The first kappa shape index (κ1) is 20.0. The number of hydrogen-bond acceptors (Lipinski definition) is 4. The summed E-state index contributed by atoms with van der Waals surface area (Å²) in [7, 11) is 0. The lowest BCUT2D eigenvalue weighted by Crippen LogP contribution is -2.45. The van der Waals surface area contributed by atoms with Crippen molar-refractivity contribution in [2.24, 2.45) is 22.6 Å². The van der Waals surface area contributed by atoms with E-state index >= 15 is 0 Å². The van der Waals surface area contributed by atoms with Gasteiger partial charge in [-0.2, -0.15) is 5.10 Å². The van der Waals surface area contributed by atoms with Crippen LogP contribution in [0.1, 0.15) is 18.9 Å². The fraction of sp³-hybridized carbons (Fsp3) is 0.250. The molecule has 0 heterocycles. The minimum absolute atomic E-state index is 0.263. The summed E-state index contributed by atoms with van der Waals surface area (Å²) >= 11 is 0. The van der Waals surface area contributed by atoms with Crippen molar-refractivity contribution >= 4 is 17.7 Å². The Balaban J connectivity index is 2.13. The van der Waals surface area contributed by atoms with Gasteiger partial charge in [-0.15, -0.1) is 0 Å². The summed E-state index contributed by atoms with van der Waals surface area (Å²) in [5, 5.41) is 15.1. The van der Waals surface area contributed by atoms with Crippen molar-refractivity contribution in [1.82, 2.24) is 5.32 Å². The van der Waals surface area contributed by atoms with Gasteiger partial charge in [0.1, 0.15) is 0 Å². The molecule has 0 bridgehead atoms. The van der Waals surface area contributed by atoms with Crippen LogP contribution in [0, 0.1) is 5.92 Å². The fourth-order valence-corrected chi connectivity index (χ4v) is 2.79. The van der Waals surface area contributed by atoms with Crippen LogP contribution in [-0.4, -0.2) is 28.9 Å². The monoisotopic (exact) mass is 368 g/mol. The molecule has 0 aliphatic rings. The number of benzene rings is 2. The predicted molar refractivity (Wildman–Crippen MR) is 105 cm³/mol. The number of hydrogen-bond donors (Lipinski definition) is 4. The van der Waals surface area contributed by atoms with Crippen molar-refractivity contribution in [3.63, 3.8) is 0 Å². The SMILES string of the molecule is C[C@H](CC(Cc1ccc(-c2ccccc2)cc1)NC(=O)/C(N)=N/N)C(=O)O. The highest BCUT2D eigenvalue weighted by atomic mass is 16.4. The summed E-state index contributed by atoms with van der Waals surface area (Å²) in [6, 6.07) is 17.5. The van der Waals surface area contributed by atoms with Crippen LogP contribution in [0.4, 0.5) is 0 Å². The van der Waals surface area contributed by atoms with Gasteiger partial charge in [0.15, 0.2) is 0 Å². The van der Waals surface area contributed by atoms with Gasteiger partial charge in [-0.25, -0.2) is 0 Å². The van der Waals surface area contributed by atoms with Gasteiger partial charge in [0.25, 0.3) is 5.91 Å². The Morgan fingerprint density at radius 3 is 2.22 bits per heavy atom. The number of carboxylic acids is 1. The molecule has 0 fully saturated rings. The number of carboxylic acid groups (broad SMARTS) is 1. The first-order valence-corrected chi connectivity index (χ1v) is 8.62. The molecule has 7 heteroatoms. The van der Waals surface area contributed by atoms with E-state index in [4.69, 9.17) is 16.7 Å². The molecule has 2 atom stereocenters. The number of amidine groups is 1. The molecule has 2 rings (SSSR count). The smallest absolute Gasteiger partial charge is 0.306 e. The van der Waals surface area contributed by atoms with Crippen molar-refractivity contribution in [3.8, 4) is 11.1 Å². The zero-order chi connectivity index (χ0) is 19.8. The highest BCUT2D eigenvalue weighted by Crippen LogP contribution is 2.20. The van der Waals surface area contributed by atoms with Gasteiger partial charge < -0.3 is 22.0 Å². The second kappa shape index (κ2) is 9.38. The first-order chi connectivity index (χ1) is 12.9. The summed E-state index contributed by atoms with van der Waals surface area (Å²) < 4.78 is 0. The van der Waals surface area contributed by atoms with Gasteiger partial charge in [-0.05, 0) is 29.5 Å². The molecule has 0 radical (unpaired) electrons. The number of nitrogens with two attached hydrogens (primary N) is 2. The standard InChI is InChI=1S/C20H24N4O3/c1-13(20(26)27)11-17(23-19(25)18(21)24-22)12-14-7-9-16(10-8-14)15-5-3-2-4-6-15/h2-10,13,17H,11-12,22H2,1H3,(H2,21,24)(H,23,25)(H,26,27)/t13-,17?/m1/s1. The van der Waals surface area contributed by atoms with E-state index in [0.717, 1.165) is 16.7 Å². The number of hydrazone groups is 1. The summed E-state index contributed by atoms with van der Waals surface area (Å²) in [5.41, 5.74) is 8.60. The molecule has 142 valence electrons. The Hall–Kier alpha value is -3.35. The predicted octanol–water partition coefficient (Wildman–Crippen LogP) is 1.72. The second-order valence-electron chi connectivity index (χ2n) is 6.43. The molecule has 0 aromatic heterocycles. The first-order valence-electron chi connectivity index (χ1n) is 8.62. The van der Waals surface area contributed by atoms with Crippen molar-refractivity contribution in [1.29, 1.82) is 0 Å². The molecule has 0 aliphatic heterocycles. The van der Waals surface area contributed by atoms with Crippen LogP contribution >= 0.6 is 0 Å². The maximum Gasteiger partial charge on any atom is 0.306 e. The Morgan fingerprint density at radius 2 is 1.67 bits per heavy atom. The minimum Gasteiger partial charge on any atom is -0.481 e. The molecule has 0 aliphatic carbocycles. The van der Waals surface area contributed by atoms with Gasteiger partial charge in [-0.1, -0.05) is 61.5 Å². The molecule has 1 unspecified atom stereocenters. The van der Waals surface area contributed by atoms with Crippen LogP contribution in [0.25, 0.3) is 11.1 Å². The number of carbonyl (C=O) groups excluding carboxylic acids is 1. The Kier molecular flexibility index (Phi) is 6.93. The summed E-state index contributed by atoms with van der Waals surface area (Å²) in [6.07, 6.45) is 0.732. The lowest BCUT2D eigenvalue weighted by Gasteiger charge is -2.21. The lowest BCUT2D eigenvalue weighted by atomic mass is 9.95. The van der Waals surface area contributed by atoms with E-state index in [9.17, 15) is 9.59 Å². The largest absolute Gasteiger partial charge is 0.481 e. The lowest BCUT2D eigenvalue weighted by molar-refractivity contribution is -0.141. The van der Waals surface area contributed by atoms with Gasteiger partial charge in [0, 0.05) is 6.04 Å². The van der Waals surface area contributed by atoms with E-state index in [1.807, 2.05) is 54.6 Å². The molecule has 2 aromatic rings. The van der Waals surface area contributed by atoms with E-state index < -0.39 is 23.8 Å². The Morgan fingerprint density at radius 1 is 1.07 bits per heavy atom. The Bertz CT molecular complexity index is 804. The third-order valence-corrected chi connectivity index (χ3v) is 4.31. The molecule has 0 spiro atoms. The zero-order valence-electron chi connectivity index (χ0n) is 15.1. The van der Waals surface area contributed by atoms with Crippen LogP contribution in [0.2, 0.25) is 0 Å². The van der Waals surface area contributed by atoms with E-state index in [0.29, 0.717) is 6.42 Å². The fourth-order valence-electron chi connectivity index (χ4n) is 2.79. The molecule has 6 N–H and O–H groups in total.